The maximum Gasteiger partial charge on any atom is 0.316 e. The molecule has 2 aromatic heterocycles. The van der Waals surface area contributed by atoms with E-state index in [0.29, 0.717) is 6.61 Å². The van der Waals surface area contributed by atoms with Crippen molar-refractivity contribution >= 4 is 39.3 Å². The predicted octanol–water partition coefficient (Wildman–Crippen LogP) is 4.82. The molecule has 0 bridgehead atoms. The van der Waals surface area contributed by atoms with Gasteiger partial charge in [-0.3, -0.25) is 4.79 Å². The van der Waals surface area contributed by atoms with E-state index in [1.54, 1.807) is 11.3 Å². The molecule has 130 valence electrons. The number of rotatable bonds is 5. The van der Waals surface area contributed by atoms with Crippen molar-refractivity contribution in [3.05, 3.63) is 53.2 Å². The number of esters is 1. The second-order valence-electron chi connectivity index (χ2n) is 6.71. The Kier molecular flexibility index (Phi) is 5.39. The summed E-state index contributed by atoms with van der Waals surface area (Å²) in [5, 5.41) is 3.78. The van der Waals surface area contributed by atoms with E-state index in [2.05, 4.69) is 42.9 Å². The van der Waals surface area contributed by atoms with E-state index in [4.69, 9.17) is 4.74 Å². The van der Waals surface area contributed by atoms with Crippen molar-refractivity contribution in [2.45, 2.75) is 37.8 Å². The first kappa shape index (κ1) is 17.9. The van der Waals surface area contributed by atoms with Gasteiger partial charge in [0.15, 0.2) is 0 Å². The van der Waals surface area contributed by atoms with Gasteiger partial charge in [-0.1, -0.05) is 56.8 Å². The molecule has 0 atom stereocenters. The fraction of sp³-hybridized carbons (Fsp3) is 0.316. The van der Waals surface area contributed by atoms with Crippen LogP contribution in [-0.2, 0) is 21.6 Å². The zero-order chi connectivity index (χ0) is 17.9. The normalized spacial score (nSPS) is 11.6. The highest BCUT2D eigenvalue weighted by atomic mass is 32.2. The summed E-state index contributed by atoms with van der Waals surface area (Å²) in [5.74, 6) is -0.00549. The third-order valence-electron chi connectivity index (χ3n) is 3.77. The molecule has 3 aromatic rings. The summed E-state index contributed by atoms with van der Waals surface area (Å²) in [7, 11) is 0. The van der Waals surface area contributed by atoms with Crippen LogP contribution in [0.1, 0.15) is 31.9 Å². The molecule has 0 amide bonds. The number of thiophene rings is 1. The van der Waals surface area contributed by atoms with Gasteiger partial charge in [0.25, 0.3) is 0 Å². The summed E-state index contributed by atoms with van der Waals surface area (Å²) in [6, 6.07) is 10.2. The molecule has 1 aromatic carbocycles. The molecular formula is C19H20N2O2S2. The first-order valence-corrected chi connectivity index (χ1v) is 9.86. The number of hydrogen-bond acceptors (Lipinski definition) is 6. The quantitative estimate of drug-likeness (QED) is 0.365. The molecule has 6 heteroatoms. The molecule has 0 fully saturated rings. The average molecular weight is 373 g/mol. The molecule has 0 spiro atoms. The maximum absolute atomic E-state index is 12.0. The number of fused-ring (bicyclic) bond motifs is 1. The Labute approximate surface area is 155 Å². The van der Waals surface area contributed by atoms with E-state index in [1.165, 1.54) is 23.7 Å². The first-order valence-electron chi connectivity index (χ1n) is 7.99. The standard InChI is InChI=1S/C19H20N2O2S2/c1-19(2,3)14-6-4-13(5-7-14)10-23-16(22)11-25-18-15-8-9-24-17(15)20-12-21-18/h4-9,12H,10-11H2,1-3H3. The molecule has 0 aliphatic heterocycles. The van der Waals surface area contributed by atoms with E-state index in [-0.39, 0.29) is 17.1 Å². The third-order valence-corrected chi connectivity index (χ3v) is 5.57. The maximum atomic E-state index is 12.0. The molecule has 4 nitrogen and oxygen atoms in total. The SMILES string of the molecule is CC(C)(C)c1ccc(COC(=O)CSc2ncnc3sccc23)cc1. The lowest BCUT2D eigenvalue weighted by molar-refractivity contribution is -0.141. The van der Waals surface area contributed by atoms with Gasteiger partial charge in [0.1, 0.15) is 22.8 Å². The lowest BCUT2D eigenvalue weighted by Crippen LogP contribution is -2.11. The van der Waals surface area contributed by atoms with Crippen molar-refractivity contribution in [2.75, 3.05) is 5.75 Å². The summed E-state index contributed by atoms with van der Waals surface area (Å²) in [6.07, 6.45) is 1.53. The highest BCUT2D eigenvalue weighted by Gasteiger charge is 2.13. The van der Waals surface area contributed by atoms with Crippen LogP contribution in [0.15, 0.2) is 47.1 Å². The zero-order valence-corrected chi connectivity index (χ0v) is 16.1. The monoisotopic (exact) mass is 372 g/mol. The molecule has 0 N–H and O–H groups in total. The molecule has 0 radical (unpaired) electrons. The summed E-state index contributed by atoms with van der Waals surface area (Å²) in [5.41, 5.74) is 2.38. The molecule has 25 heavy (non-hydrogen) atoms. The number of ether oxygens (including phenoxy) is 1. The van der Waals surface area contributed by atoms with E-state index >= 15 is 0 Å². The van der Waals surface area contributed by atoms with E-state index in [0.717, 1.165) is 20.8 Å². The van der Waals surface area contributed by atoms with Gasteiger partial charge < -0.3 is 4.74 Å². The Morgan fingerprint density at radius 2 is 1.92 bits per heavy atom. The summed E-state index contributed by atoms with van der Waals surface area (Å²) in [4.78, 5) is 21.4. The average Bonchev–Trinajstić information content (AvgIpc) is 3.07. The van der Waals surface area contributed by atoms with Crippen molar-refractivity contribution in [3.63, 3.8) is 0 Å². The Bertz CT molecular complexity index is 867. The number of hydrogen-bond donors (Lipinski definition) is 0. The lowest BCUT2D eigenvalue weighted by atomic mass is 9.87. The molecular weight excluding hydrogens is 352 g/mol. The minimum absolute atomic E-state index is 0.121. The number of carbonyl (C=O) groups is 1. The van der Waals surface area contributed by atoms with Crippen LogP contribution < -0.4 is 0 Å². The van der Waals surface area contributed by atoms with Crippen molar-refractivity contribution in [3.8, 4) is 0 Å². The molecule has 2 heterocycles. The van der Waals surface area contributed by atoms with E-state index in [9.17, 15) is 4.79 Å². The molecule has 0 aliphatic carbocycles. The Balaban J connectivity index is 1.52. The Hall–Kier alpha value is -1.92. The van der Waals surface area contributed by atoms with Gasteiger partial charge in [-0.2, -0.15) is 0 Å². The molecule has 0 saturated heterocycles. The van der Waals surface area contributed by atoms with Crippen molar-refractivity contribution in [1.82, 2.24) is 9.97 Å². The number of nitrogens with zero attached hydrogens (tertiary/aromatic N) is 2. The van der Waals surface area contributed by atoms with Crippen LogP contribution in [0.4, 0.5) is 0 Å². The minimum Gasteiger partial charge on any atom is -0.460 e. The second kappa shape index (κ2) is 7.54. The smallest absolute Gasteiger partial charge is 0.316 e. The van der Waals surface area contributed by atoms with Crippen LogP contribution in [0.3, 0.4) is 0 Å². The fourth-order valence-corrected chi connectivity index (χ4v) is 3.89. The predicted molar refractivity (Wildman–Crippen MR) is 103 cm³/mol. The van der Waals surface area contributed by atoms with Crippen LogP contribution in [0, 0.1) is 0 Å². The van der Waals surface area contributed by atoms with Gasteiger partial charge in [-0.25, -0.2) is 9.97 Å². The lowest BCUT2D eigenvalue weighted by Gasteiger charge is -2.19. The molecule has 0 aliphatic rings. The van der Waals surface area contributed by atoms with Gasteiger partial charge in [0.05, 0.1) is 5.75 Å². The molecule has 0 saturated carbocycles. The summed E-state index contributed by atoms with van der Waals surface area (Å²) >= 11 is 2.95. The molecule has 0 unspecified atom stereocenters. The number of thioether (sulfide) groups is 1. The Morgan fingerprint density at radius 1 is 1.16 bits per heavy atom. The fourth-order valence-electron chi connectivity index (χ4n) is 2.32. The Morgan fingerprint density at radius 3 is 2.64 bits per heavy atom. The topological polar surface area (TPSA) is 52.1 Å². The number of carbonyl (C=O) groups excluding carboxylic acids is 1. The van der Waals surface area contributed by atoms with Gasteiger partial charge in [0.2, 0.25) is 0 Å². The van der Waals surface area contributed by atoms with E-state index in [1.807, 2.05) is 23.6 Å². The van der Waals surface area contributed by atoms with Crippen molar-refractivity contribution in [2.24, 2.45) is 0 Å². The third kappa shape index (κ3) is 4.58. The summed E-state index contributed by atoms with van der Waals surface area (Å²) in [6.45, 7) is 6.83. The number of benzene rings is 1. The molecule has 3 rings (SSSR count). The van der Waals surface area contributed by atoms with E-state index < -0.39 is 0 Å². The number of aromatic nitrogens is 2. The van der Waals surface area contributed by atoms with Gasteiger partial charge in [-0.15, -0.1) is 11.3 Å². The van der Waals surface area contributed by atoms with Crippen molar-refractivity contribution < 1.29 is 9.53 Å². The van der Waals surface area contributed by atoms with Crippen molar-refractivity contribution in [1.29, 1.82) is 0 Å². The van der Waals surface area contributed by atoms with Gasteiger partial charge in [0, 0.05) is 5.39 Å². The van der Waals surface area contributed by atoms with Crippen LogP contribution in [0.25, 0.3) is 10.2 Å². The zero-order valence-electron chi connectivity index (χ0n) is 14.5. The van der Waals surface area contributed by atoms with Crippen LogP contribution >= 0.6 is 23.1 Å². The van der Waals surface area contributed by atoms with Crippen LogP contribution in [-0.4, -0.2) is 21.7 Å². The van der Waals surface area contributed by atoms with Gasteiger partial charge >= 0.3 is 5.97 Å². The first-order chi connectivity index (χ1) is 11.9. The highest BCUT2D eigenvalue weighted by Crippen LogP contribution is 2.27. The van der Waals surface area contributed by atoms with Gasteiger partial charge in [-0.05, 0) is 28.0 Å². The highest BCUT2D eigenvalue weighted by molar-refractivity contribution is 8.00. The summed E-state index contributed by atoms with van der Waals surface area (Å²) < 4.78 is 5.37. The largest absolute Gasteiger partial charge is 0.460 e. The van der Waals surface area contributed by atoms with Crippen LogP contribution in [0.5, 0.6) is 0 Å². The minimum atomic E-state index is -0.244. The van der Waals surface area contributed by atoms with Crippen LogP contribution in [0.2, 0.25) is 0 Å². The second-order valence-corrected chi connectivity index (χ2v) is 8.57.